The first-order valence-electron chi connectivity index (χ1n) is 5.56. The molecule has 5 heteroatoms. The SMILES string of the molecule is COc1cc(Br)c(NC(=O)CC(C)(C)C)c(Br)c1. The fourth-order valence-corrected chi connectivity index (χ4v) is 2.80. The molecule has 0 spiro atoms. The largest absolute Gasteiger partial charge is 0.497 e. The summed E-state index contributed by atoms with van der Waals surface area (Å²) in [7, 11) is 1.60. The van der Waals surface area contributed by atoms with Gasteiger partial charge in [0.05, 0.1) is 12.8 Å². The molecule has 0 bridgehead atoms. The van der Waals surface area contributed by atoms with Crippen LogP contribution in [0.4, 0.5) is 5.69 Å². The number of halogens is 2. The quantitative estimate of drug-likeness (QED) is 0.834. The Morgan fingerprint density at radius 2 is 1.78 bits per heavy atom. The Bertz CT molecular complexity index is 430. The third-order valence-electron chi connectivity index (χ3n) is 2.21. The van der Waals surface area contributed by atoms with E-state index in [-0.39, 0.29) is 11.3 Å². The van der Waals surface area contributed by atoms with Crippen molar-refractivity contribution in [1.29, 1.82) is 0 Å². The van der Waals surface area contributed by atoms with Crippen LogP contribution in [0.25, 0.3) is 0 Å². The highest BCUT2D eigenvalue weighted by Crippen LogP contribution is 2.35. The van der Waals surface area contributed by atoms with Crippen molar-refractivity contribution < 1.29 is 9.53 Å². The van der Waals surface area contributed by atoms with Gasteiger partial charge in [0, 0.05) is 15.4 Å². The summed E-state index contributed by atoms with van der Waals surface area (Å²) >= 11 is 6.84. The third kappa shape index (κ3) is 4.61. The van der Waals surface area contributed by atoms with Crippen LogP contribution in [0.3, 0.4) is 0 Å². The molecule has 0 saturated heterocycles. The Labute approximate surface area is 125 Å². The Hall–Kier alpha value is -0.550. The third-order valence-corrected chi connectivity index (χ3v) is 3.46. The fraction of sp³-hybridized carbons (Fsp3) is 0.462. The lowest BCUT2D eigenvalue weighted by Crippen LogP contribution is -2.20. The first-order valence-corrected chi connectivity index (χ1v) is 7.14. The summed E-state index contributed by atoms with van der Waals surface area (Å²) in [4.78, 5) is 11.9. The first kappa shape index (κ1) is 15.5. The van der Waals surface area contributed by atoms with Gasteiger partial charge in [-0.05, 0) is 49.4 Å². The molecule has 0 radical (unpaired) electrons. The van der Waals surface area contributed by atoms with Gasteiger partial charge in [-0.15, -0.1) is 0 Å². The van der Waals surface area contributed by atoms with Crippen LogP contribution < -0.4 is 10.1 Å². The molecule has 0 aliphatic heterocycles. The van der Waals surface area contributed by atoms with Crippen molar-refractivity contribution >= 4 is 43.5 Å². The van der Waals surface area contributed by atoms with Crippen molar-refractivity contribution in [2.24, 2.45) is 5.41 Å². The number of benzene rings is 1. The number of carbonyl (C=O) groups is 1. The summed E-state index contributed by atoms with van der Waals surface area (Å²) in [5.74, 6) is 0.719. The summed E-state index contributed by atoms with van der Waals surface area (Å²) in [6.45, 7) is 6.10. The highest BCUT2D eigenvalue weighted by molar-refractivity contribution is 9.11. The number of hydrogen-bond acceptors (Lipinski definition) is 2. The summed E-state index contributed by atoms with van der Waals surface area (Å²) < 4.78 is 6.72. The summed E-state index contributed by atoms with van der Waals surface area (Å²) in [5.41, 5.74) is 0.695. The number of methoxy groups -OCH3 is 1. The normalized spacial score (nSPS) is 11.2. The molecule has 1 amide bonds. The van der Waals surface area contributed by atoms with E-state index in [1.54, 1.807) is 7.11 Å². The van der Waals surface area contributed by atoms with E-state index in [9.17, 15) is 4.79 Å². The predicted molar refractivity (Wildman–Crippen MR) is 81.1 cm³/mol. The maximum atomic E-state index is 11.9. The molecular formula is C13H17Br2NO2. The molecule has 1 aromatic rings. The molecule has 100 valence electrons. The van der Waals surface area contributed by atoms with Crippen LogP contribution in [-0.4, -0.2) is 13.0 Å². The second-order valence-corrected chi connectivity index (χ2v) is 6.96. The zero-order valence-corrected chi connectivity index (χ0v) is 14.1. The van der Waals surface area contributed by atoms with Gasteiger partial charge in [-0.1, -0.05) is 20.8 Å². The van der Waals surface area contributed by atoms with Crippen molar-refractivity contribution in [1.82, 2.24) is 0 Å². The molecule has 0 aliphatic rings. The van der Waals surface area contributed by atoms with Crippen molar-refractivity contribution in [2.75, 3.05) is 12.4 Å². The van der Waals surface area contributed by atoms with E-state index in [1.807, 2.05) is 32.9 Å². The molecule has 0 fully saturated rings. The topological polar surface area (TPSA) is 38.3 Å². The molecule has 18 heavy (non-hydrogen) atoms. The van der Waals surface area contributed by atoms with Gasteiger partial charge >= 0.3 is 0 Å². The minimum Gasteiger partial charge on any atom is -0.497 e. The zero-order chi connectivity index (χ0) is 13.9. The molecule has 1 aromatic carbocycles. The van der Waals surface area contributed by atoms with Gasteiger partial charge in [-0.3, -0.25) is 4.79 Å². The average Bonchev–Trinajstić information content (AvgIpc) is 2.20. The monoisotopic (exact) mass is 377 g/mol. The fourth-order valence-electron chi connectivity index (χ4n) is 1.45. The van der Waals surface area contributed by atoms with E-state index in [0.29, 0.717) is 6.42 Å². The lowest BCUT2D eigenvalue weighted by atomic mass is 9.92. The van der Waals surface area contributed by atoms with Crippen molar-refractivity contribution in [3.63, 3.8) is 0 Å². The lowest BCUT2D eigenvalue weighted by Gasteiger charge is -2.18. The van der Waals surface area contributed by atoms with Crippen LogP contribution in [0, 0.1) is 5.41 Å². The highest BCUT2D eigenvalue weighted by Gasteiger charge is 2.18. The molecule has 0 atom stereocenters. The van der Waals surface area contributed by atoms with Crippen LogP contribution in [0.2, 0.25) is 0 Å². The van der Waals surface area contributed by atoms with Gasteiger partial charge < -0.3 is 10.1 Å². The molecule has 0 aromatic heterocycles. The number of anilines is 1. The molecule has 0 heterocycles. The lowest BCUT2D eigenvalue weighted by molar-refractivity contribution is -0.117. The Balaban J connectivity index is 2.88. The predicted octanol–water partition coefficient (Wildman–Crippen LogP) is 4.59. The van der Waals surface area contributed by atoms with Gasteiger partial charge in [0.15, 0.2) is 0 Å². The maximum Gasteiger partial charge on any atom is 0.224 e. The van der Waals surface area contributed by atoms with Gasteiger partial charge in [0.25, 0.3) is 0 Å². The second-order valence-electron chi connectivity index (χ2n) is 5.25. The van der Waals surface area contributed by atoms with Gasteiger partial charge in [-0.25, -0.2) is 0 Å². The number of nitrogens with one attached hydrogen (secondary N) is 1. The van der Waals surface area contributed by atoms with Crippen LogP contribution in [0.15, 0.2) is 21.1 Å². The van der Waals surface area contributed by atoms with Gasteiger partial charge in [-0.2, -0.15) is 0 Å². The Kier molecular flexibility index (Phi) is 5.22. The van der Waals surface area contributed by atoms with E-state index in [2.05, 4.69) is 37.2 Å². The van der Waals surface area contributed by atoms with E-state index in [0.717, 1.165) is 20.4 Å². The van der Waals surface area contributed by atoms with Crippen molar-refractivity contribution in [2.45, 2.75) is 27.2 Å². The number of rotatable bonds is 3. The maximum absolute atomic E-state index is 11.9. The standard InChI is InChI=1S/C13H17Br2NO2/c1-13(2,3)7-11(17)16-12-9(14)5-8(18-4)6-10(12)15/h5-6H,7H2,1-4H3,(H,16,17). The smallest absolute Gasteiger partial charge is 0.224 e. The van der Waals surface area contributed by atoms with Gasteiger partial charge in [0.2, 0.25) is 5.91 Å². The van der Waals surface area contributed by atoms with E-state index in [1.165, 1.54) is 0 Å². The molecule has 1 N–H and O–H groups in total. The minimum atomic E-state index is -0.0322. The highest BCUT2D eigenvalue weighted by atomic mass is 79.9. The zero-order valence-electron chi connectivity index (χ0n) is 10.9. The van der Waals surface area contributed by atoms with Crippen molar-refractivity contribution in [3.8, 4) is 5.75 Å². The molecule has 0 unspecified atom stereocenters. The number of ether oxygens (including phenoxy) is 1. The van der Waals surface area contributed by atoms with E-state index >= 15 is 0 Å². The van der Waals surface area contributed by atoms with Crippen LogP contribution >= 0.6 is 31.9 Å². The van der Waals surface area contributed by atoms with Gasteiger partial charge in [0.1, 0.15) is 5.75 Å². The summed E-state index contributed by atoms with van der Waals surface area (Å²) in [6, 6.07) is 3.63. The average molecular weight is 379 g/mol. The molecule has 0 aliphatic carbocycles. The molecule has 0 saturated carbocycles. The minimum absolute atomic E-state index is 0.00549. The number of hydrogen-bond donors (Lipinski definition) is 1. The first-order chi connectivity index (χ1) is 8.23. The molecule has 1 rings (SSSR count). The van der Waals surface area contributed by atoms with Crippen LogP contribution in [0.1, 0.15) is 27.2 Å². The summed E-state index contributed by atoms with van der Waals surface area (Å²) in [5, 5.41) is 2.90. The molecule has 3 nitrogen and oxygen atoms in total. The second kappa shape index (κ2) is 6.06. The van der Waals surface area contributed by atoms with Crippen molar-refractivity contribution in [3.05, 3.63) is 21.1 Å². The van der Waals surface area contributed by atoms with Crippen LogP contribution in [0.5, 0.6) is 5.75 Å². The Morgan fingerprint density at radius 3 is 2.17 bits per heavy atom. The number of carbonyl (C=O) groups excluding carboxylic acids is 1. The Morgan fingerprint density at radius 1 is 1.28 bits per heavy atom. The number of amides is 1. The van der Waals surface area contributed by atoms with Crippen LogP contribution in [-0.2, 0) is 4.79 Å². The van der Waals surface area contributed by atoms with E-state index < -0.39 is 0 Å². The molecular weight excluding hydrogens is 362 g/mol. The summed E-state index contributed by atoms with van der Waals surface area (Å²) in [6.07, 6.45) is 0.470. The van der Waals surface area contributed by atoms with E-state index in [4.69, 9.17) is 4.74 Å².